The van der Waals surface area contributed by atoms with Gasteiger partial charge in [-0.1, -0.05) is 150 Å². The van der Waals surface area contributed by atoms with Crippen LogP contribution in [0, 0.1) is 5.92 Å². The van der Waals surface area contributed by atoms with Crippen molar-refractivity contribution >= 4 is 21.1 Å². The second-order valence-corrected chi connectivity index (χ2v) is 22.8. The molecule has 1 aromatic carbocycles. The van der Waals surface area contributed by atoms with Gasteiger partial charge in [-0.3, -0.25) is 0 Å². The zero-order valence-electron chi connectivity index (χ0n) is 30.8. The van der Waals surface area contributed by atoms with Gasteiger partial charge in [-0.25, -0.2) is 0 Å². The smallest absolute Gasteiger partial charge is 0.0376 e. The van der Waals surface area contributed by atoms with Crippen LogP contribution in [0.5, 0.6) is 0 Å². The Morgan fingerprint density at radius 3 is 1.38 bits per heavy atom. The quantitative estimate of drug-likeness (QED) is 0.181. The van der Waals surface area contributed by atoms with Crippen molar-refractivity contribution in [2.45, 2.75) is 214 Å². The second kappa shape index (κ2) is 20.6. The summed E-state index contributed by atoms with van der Waals surface area (Å²) in [7, 11) is 4.99. The van der Waals surface area contributed by atoms with Gasteiger partial charge in [-0.05, 0) is 129 Å². The number of hydrogen-bond acceptors (Lipinski definition) is 1. The SMILES string of the molecule is C1CCCC1.CN(C)[C@@H](c1cccc(P(C2CCCCC2)C2CCCCC2)c1)C1CCCC1P(C1CCCCC1)C1CCCCC1.[Fe]. The van der Waals surface area contributed by atoms with Gasteiger partial charge in [-0.2, -0.15) is 0 Å². The van der Waals surface area contributed by atoms with Crippen molar-refractivity contribution < 1.29 is 17.1 Å². The Labute approximate surface area is 305 Å². The fourth-order valence-electron chi connectivity index (χ4n) is 11.4. The zero-order valence-corrected chi connectivity index (χ0v) is 33.7. The molecule has 2 unspecified atom stereocenters. The van der Waals surface area contributed by atoms with Gasteiger partial charge >= 0.3 is 0 Å². The van der Waals surface area contributed by atoms with E-state index in [9.17, 15) is 0 Å². The molecule has 6 aliphatic carbocycles. The molecule has 0 aromatic heterocycles. The maximum Gasteiger partial charge on any atom is 0.0376 e. The molecule has 7 rings (SSSR count). The fourth-order valence-corrected chi connectivity index (χ4v) is 20.1. The molecule has 6 fully saturated rings. The van der Waals surface area contributed by atoms with Crippen LogP contribution in [0.2, 0.25) is 0 Å². The van der Waals surface area contributed by atoms with Crippen LogP contribution in [0.25, 0.3) is 0 Å². The Morgan fingerprint density at radius 1 is 0.511 bits per heavy atom. The molecule has 47 heavy (non-hydrogen) atoms. The van der Waals surface area contributed by atoms with E-state index in [4.69, 9.17) is 0 Å². The summed E-state index contributed by atoms with van der Waals surface area (Å²) in [5, 5.41) is 1.81. The van der Waals surface area contributed by atoms with Crippen molar-refractivity contribution in [1.82, 2.24) is 4.90 Å². The Balaban J connectivity index is 0.000000662. The average molecular weight is 722 g/mol. The molecule has 6 aliphatic rings. The van der Waals surface area contributed by atoms with Crippen molar-refractivity contribution in [1.29, 1.82) is 0 Å². The molecule has 6 saturated carbocycles. The molecule has 0 bridgehead atoms. The molecule has 0 saturated heterocycles. The summed E-state index contributed by atoms with van der Waals surface area (Å²) in [5.74, 6) is 0.880. The Hall–Kier alpha value is 0.559. The van der Waals surface area contributed by atoms with Crippen LogP contribution < -0.4 is 5.30 Å². The van der Waals surface area contributed by atoms with E-state index in [0.717, 1.165) is 34.2 Å². The van der Waals surface area contributed by atoms with Crippen molar-refractivity contribution in [3.05, 3.63) is 29.8 Å². The van der Waals surface area contributed by atoms with E-state index in [1.165, 1.54) is 148 Å². The maximum absolute atomic E-state index is 2.82. The predicted molar refractivity (Wildman–Crippen MR) is 208 cm³/mol. The molecule has 1 aromatic rings. The Morgan fingerprint density at radius 2 is 0.936 bits per heavy atom. The minimum absolute atomic E-state index is 0. The van der Waals surface area contributed by atoms with Gasteiger partial charge in [0.15, 0.2) is 0 Å². The first-order valence-electron chi connectivity index (χ1n) is 21.0. The van der Waals surface area contributed by atoms with Gasteiger partial charge in [0.25, 0.3) is 0 Å². The third-order valence-corrected chi connectivity index (χ3v) is 21.2. The zero-order chi connectivity index (χ0) is 31.6. The molecule has 4 heteroatoms. The first-order valence-corrected chi connectivity index (χ1v) is 24.1. The summed E-state index contributed by atoms with van der Waals surface area (Å²) in [6.45, 7) is 0. The number of nitrogens with zero attached hydrogens (tertiary/aromatic N) is 1. The molecule has 0 amide bonds. The first-order chi connectivity index (χ1) is 22.7. The van der Waals surface area contributed by atoms with Gasteiger partial charge in [0.05, 0.1) is 0 Å². The monoisotopic (exact) mass is 721 g/mol. The fraction of sp³-hybridized carbons (Fsp3) is 0.860. The molecule has 268 valence electrons. The summed E-state index contributed by atoms with van der Waals surface area (Å²) in [5.41, 5.74) is 6.90. The molecule has 1 nitrogen and oxygen atoms in total. The van der Waals surface area contributed by atoms with Gasteiger partial charge in [0.2, 0.25) is 0 Å². The minimum Gasteiger partial charge on any atom is -0.302 e. The van der Waals surface area contributed by atoms with Crippen molar-refractivity contribution in [2.75, 3.05) is 14.1 Å². The molecular weight excluding hydrogens is 648 g/mol. The van der Waals surface area contributed by atoms with Gasteiger partial charge in [0.1, 0.15) is 0 Å². The second-order valence-electron chi connectivity index (χ2n) is 17.0. The van der Waals surface area contributed by atoms with Crippen LogP contribution in [0.4, 0.5) is 0 Å². The Kier molecular flexibility index (Phi) is 17.0. The molecule has 0 radical (unpaired) electrons. The average Bonchev–Trinajstić information content (AvgIpc) is 3.84. The van der Waals surface area contributed by atoms with Crippen LogP contribution in [-0.4, -0.2) is 47.3 Å². The van der Waals surface area contributed by atoms with Gasteiger partial charge in [0, 0.05) is 23.1 Å². The van der Waals surface area contributed by atoms with E-state index in [0.29, 0.717) is 6.04 Å². The topological polar surface area (TPSA) is 3.24 Å². The van der Waals surface area contributed by atoms with E-state index < -0.39 is 0 Å². The summed E-state index contributed by atoms with van der Waals surface area (Å²) < 4.78 is 0. The number of hydrogen-bond donors (Lipinski definition) is 0. The molecule has 0 heterocycles. The van der Waals surface area contributed by atoms with Crippen LogP contribution >= 0.6 is 15.8 Å². The van der Waals surface area contributed by atoms with Gasteiger partial charge < -0.3 is 4.90 Å². The molecule has 0 spiro atoms. The maximum atomic E-state index is 2.82. The molecule has 0 N–H and O–H groups in total. The van der Waals surface area contributed by atoms with Crippen LogP contribution in [0.15, 0.2) is 24.3 Å². The van der Waals surface area contributed by atoms with Gasteiger partial charge in [-0.15, -0.1) is 0 Å². The normalized spacial score (nSPS) is 27.9. The third-order valence-electron chi connectivity index (χ3n) is 13.6. The molecular formula is C43H73FeNP2. The van der Waals surface area contributed by atoms with Crippen LogP contribution in [-0.2, 0) is 17.1 Å². The minimum atomic E-state index is -0.0231. The van der Waals surface area contributed by atoms with Crippen molar-refractivity contribution in [3.63, 3.8) is 0 Å². The van der Waals surface area contributed by atoms with E-state index in [2.05, 4.69) is 43.3 Å². The number of benzene rings is 1. The summed E-state index contributed by atoms with van der Waals surface area (Å²) in [6, 6.07) is 11.1. The van der Waals surface area contributed by atoms with Crippen LogP contribution in [0.1, 0.15) is 191 Å². The van der Waals surface area contributed by atoms with E-state index in [1.807, 2.05) is 0 Å². The standard InChI is InChI=1S/C38H63NP2.C5H10.Fe/c1-39(2)38(36-27-16-28-37(36)41(33-22-11-5-12-23-33)34-24-13-6-14-25-34)30-17-15-26-35(29-30)40(31-18-7-3-8-19-31)32-20-9-4-10-21-32;1-2-4-5-3-1;/h15,17,26,29,31-34,36-38H,3-14,16,18-25,27-28H2,1-2H3;1-5H2;/t36?,37?,38-;;/m0../s1. The number of rotatable bonds is 9. The van der Waals surface area contributed by atoms with E-state index in [-0.39, 0.29) is 32.9 Å². The third kappa shape index (κ3) is 10.6. The largest absolute Gasteiger partial charge is 0.302 e. The Bertz CT molecular complexity index is 944. The predicted octanol–water partition coefficient (Wildman–Crippen LogP) is 13.3. The molecule has 3 atom stereocenters. The summed E-state index contributed by atoms with van der Waals surface area (Å²) >= 11 is 0. The summed E-state index contributed by atoms with van der Waals surface area (Å²) in [6.07, 6.45) is 42.4. The van der Waals surface area contributed by atoms with E-state index in [1.54, 1.807) is 43.0 Å². The summed E-state index contributed by atoms with van der Waals surface area (Å²) in [4.78, 5) is 2.68. The van der Waals surface area contributed by atoms with Crippen molar-refractivity contribution in [2.24, 2.45) is 5.92 Å². The molecule has 0 aliphatic heterocycles. The first kappa shape index (κ1) is 38.8. The van der Waals surface area contributed by atoms with Crippen LogP contribution in [0.3, 0.4) is 0 Å². The van der Waals surface area contributed by atoms with E-state index >= 15 is 0 Å². The van der Waals surface area contributed by atoms with Crippen molar-refractivity contribution in [3.8, 4) is 0 Å².